The molecule has 0 aliphatic carbocycles. The van der Waals surface area contributed by atoms with Crippen molar-refractivity contribution in [2.45, 2.75) is 13.0 Å². The number of amides is 2. The Morgan fingerprint density at radius 1 is 1.45 bits per heavy atom. The topological polar surface area (TPSA) is 67.9 Å². The van der Waals surface area contributed by atoms with Gasteiger partial charge in [-0.05, 0) is 6.07 Å². The number of rotatable bonds is 6. The number of hydrogen-bond acceptors (Lipinski definition) is 4. The lowest BCUT2D eigenvalue weighted by Gasteiger charge is -2.13. The molecule has 1 saturated heterocycles. The van der Waals surface area contributed by atoms with Gasteiger partial charge in [-0.25, -0.2) is 4.79 Å². The number of carbonyl (C=O) groups excluding carboxylic acids is 2. The Kier molecular flexibility index (Phi) is 4.81. The van der Waals surface area contributed by atoms with Crippen molar-refractivity contribution in [3.05, 3.63) is 29.8 Å². The zero-order chi connectivity index (χ0) is 14.4. The molecule has 0 saturated carbocycles. The fourth-order valence-corrected chi connectivity index (χ4v) is 2.00. The van der Waals surface area contributed by atoms with Gasteiger partial charge in [0.15, 0.2) is 0 Å². The summed E-state index contributed by atoms with van der Waals surface area (Å²) >= 11 is 0. The molecule has 1 fully saturated rings. The molecule has 1 heterocycles. The predicted molar refractivity (Wildman–Crippen MR) is 72.4 cm³/mol. The van der Waals surface area contributed by atoms with E-state index in [1.165, 1.54) is 4.90 Å². The molecule has 1 aromatic rings. The van der Waals surface area contributed by atoms with Crippen molar-refractivity contribution in [2.24, 2.45) is 0 Å². The van der Waals surface area contributed by atoms with Crippen LogP contribution in [0, 0.1) is 0 Å². The van der Waals surface area contributed by atoms with E-state index in [1.54, 1.807) is 7.11 Å². The molecular weight excluding hydrogens is 260 g/mol. The highest BCUT2D eigenvalue weighted by Crippen LogP contribution is 2.16. The Balaban J connectivity index is 1.76. The Labute approximate surface area is 117 Å². The number of carbonyl (C=O) groups is 2. The zero-order valence-electron chi connectivity index (χ0n) is 11.4. The fraction of sp³-hybridized carbons (Fsp3) is 0.429. The van der Waals surface area contributed by atoms with Gasteiger partial charge in [0.25, 0.3) is 0 Å². The first-order valence-corrected chi connectivity index (χ1v) is 6.51. The van der Waals surface area contributed by atoms with Crippen molar-refractivity contribution >= 4 is 12.0 Å². The second kappa shape index (κ2) is 6.79. The molecule has 2 amide bonds. The van der Waals surface area contributed by atoms with Crippen molar-refractivity contribution in [1.29, 1.82) is 0 Å². The SMILES string of the molecule is COc1ccccc1CNC(=O)CCN1CCOC1=O. The quantitative estimate of drug-likeness (QED) is 0.847. The maximum Gasteiger partial charge on any atom is 0.409 e. The van der Waals surface area contributed by atoms with E-state index in [0.717, 1.165) is 11.3 Å². The molecule has 1 aromatic carbocycles. The number of ether oxygens (including phenoxy) is 2. The molecule has 108 valence electrons. The van der Waals surface area contributed by atoms with Crippen LogP contribution in [0.3, 0.4) is 0 Å². The smallest absolute Gasteiger partial charge is 0.409 e. The van der Waals surface area contributed by atoms with E-state index in [1.807, 2.05) is 24.3 Å². The maximum atomic E-state index is 11.7. The van der Waals surface area contributed by atoms with E-state index in [4.69, 9.17) is 9.47 Å². The molecule has 2 rings (SSSR count). The van der Waals surface area contributed by atoms with E-state index in [9.17, 15) is 9.59 Å². The van der Waals surface area contributed by atoms with Gasteiger partial charge in [0.05, 0.1) is 13.7 Å². The minimum atomic E-state index is -0.345. The second-order valence-electron chi connectivity index (χ2n) is 4.44. The standard InChI is InChI=1S/C14H18N2O4/c1-19-12-5-3-2-4-11(12)10-15-13(17)6-7-16-8-9-20-14(16)18/h2-5H,6-10H2,1H3,(H,15,17). The van der Waals surface area contributed by atoms with Gasteiger partial charge in [-0.2, -0.15) is 0 Å². The molecule has 1 N–H and O–H groups in total. The maximum absolute atomic E-state index is 11.7. The molecule has 6 nitrogen and oxygen atoms in total. The molecule has 1 aliphatic heterocycles. The van der Waals surface area contributed by atoms with Gasteiger partial charge in [0.2, 0.25) is 5.91 Å². The minimum Gasteiger partial charge on any atom is -0.496 e. The molecule has 0 radical (unpaired) electrons. The van der Waals surface area contributed by atoms with Crippen molar-refractivity contribution in [3.8, 4) is 5.75 Å². The predicted octanol–water partition coefficient (Wildman–Crippen LogP) is 1.15. The fourth-order valence-electron chi connectivity index (χ4n) is 2.00. The van der Waals surface area contributed by atoms with Gasteiger partial charge in [-0.15, -0.1) is 0 Å². The summed E-state index contributed by atoms with van der Waals surface area (Å²) in [6.45, 7) is 1.75. The first-order chi connectivity index (χ1) is 9.70. The summed E-state index contributed by atoms with van der Waals surface area (Å²) in [5.74, 6) is 0.645. The molecule has 0 atom stereocenters. The normalized spacial score (nSPS) is 14.1. The number of hydrogen-bond donors (Lipinski definition) is 1. The number of benzene rings is 1. The summed E-state index contributed by atoms with van der Waals surface area (Å²) in [5, 5.41) is 2.81. The van der Waals surface area contributed by atoms with Gasteiger partial charge in [-0.1, -0.05) is 18.2 Å². The van der Waals surface area contributed by atoms with Crippen LogP contribution in [0.1, 0.15) is 12.0 Å². The van der Waals surface area contributed by atoms with Crippen LogP contribution in [0.4, 0.5) is 4.79 Å². The van der Waals surface area contributed by atoms with E-state index in [2.05, 4.69) is 5.32 Å². The van der Waals surface area contributed by atoms with Crippen LogP contribution in [0.25, 0.3) is 0 Å². The van der Waals surface area contributed by atoms with Crippen LogP contribution < -0.4 is 10.1 Å². The first kappa shape index (κ1) is 14.2. The highest BCUT2D eigenvalue weighted by atomic mass is 16.6. The molecule has 1 aliphatic rings. The molecule has 20 heavy (non-hydrogen) atoms. The number of cyclic esters (lactones) is 1. The highest BCUT2D eigenvalue weighted by Gasteiger charge is 2.21. The lowest BCUT2D eigenvalue weighted by Crippen LogP contribution is -2.31. The van der Waals surface area contributed by atoms with Crippen molar-refractivity contribution in [1.82, 2.24) is 10.2 Å². The zero-order valence-corrected chi connectivity index (χ0v) is 11.4. The monoisotopic (exact) mass is 278 g/mol. The third-order valence-corrected chi connectivity index (χ3v) is 3.12. The second-order valence-corrected chi connectivity index (χ2v) is 4.44. The van der Waals surface area contributed by atoms with Crippen molar-refractivity contribution < 1.29 is 19.1 Å². The van der Waals surface area contributed by atoms with E-state index < -0.39 is 0 Å². The number of nitrogens with zero attached hydrogens (tertiary/aromatic N) is 1. The van der Waals surface area contributed by atoms with Crippen LogP contribution in [0.2, 0.25) is 0 Å². The van der Waals surface area contributed by atoms with Crippen LogP contribution in [0.15, 0.2) is 24.3 Å². The van der Waals surface area contributed by atoms with Crippen LogP contribution >= 0.6 is 0 Å². The largest absolute Gasteiger partial charge is 0.496 e. The Morgan fingerprint density at radius 2 is 2.25 bits per heavy atom. The van der Waals surface area contributed by atoms with Gasteiger partial charge in [0, 0.05) is 25.1 Å². The molecule has 6 heteroatoms. The third-order valence-electron chi connectivity index (χ3n) is 3.12. The molecular formula is C14H18N2O4. The molecule has 0 bridgehead atoms. The summed E-state index contributed by atoms with van der Waals surface area (Å²) in [4.78, 5) is 24.5. The van der Waals surface area contributed by atoms with Gasteiger partial charge >= 0.3 is 6.09 Å². The summed E-state index contributed by atoms with van der Waals surface area (Å²) in [6, 6.07) is 7.52. The Hall–Kier alpha value is -2.24. The van der Waals surface area contributed by atoms with Gasteiger partial charge in [0.1, 0.15) is 12.4 Å². The summed E-state index contributed by atoms with van der Waals surface area (Å²) in [5.41, 5.74) is 0.920. The first-order valence-electron chi connectivity index (χ1n) is 6.51. The van der Waals surface area contributed by atoms with Crippen LogP contribution in [-0.4, -0.2) is 43.7 Å². The third kappa shape index (κ3) is 3.63. The highest BCUT2D eigenvalue weighted by molar-refractivity contribution is 5.77. The number of methoxy groups -OCH3 is 1. The summed E-state index contributed by atoms with van der Waals surface area (Å²) in [6.07, 6.45) is -0.0768. The molecule has 0 unspecified atom stereocenters. The average molecular weight is 278 g/mol. The Bertz CT molecular complexity index is 490. The van der Waals surface area contributed by atoms with Crippen molar-refractivity contribution in [2.75, 3.05) is 26.8 Å². The van der Waals surface area contributed by atoms with Crippen molar-refractivity contribution in [3.63, 3.8) is 0 Å². The van der Waals surface area contributed by atoms with E-state index in [0.29, 0.717) is 26.2 Å². The Morgan fingerprint density at radius 3 is 2.95 bits per heavy atom. The number of para-hydroxylation sites is 1. The molecule has 0 spiro atoms. The van der Waals surface area contributed by atoms with E-state index >= 15 is 0 Å². The lowest BCUT2D eigenvalue weighted by atomic mass is 10.2. The average Bonchev–Trinajstić information content (AvgIpc) is 2.88. The molecule has 0 aromatic heterocycles. The minimum absolute atomic E-state index is 0.101. The van der Waals surface area contributed by atoms with Crippen LogP contribution in [0.5, 0.6) is 5.75 Å². The summed E-state index contributed by atoms with van der Waals surface area (Å²) < 4.78 is 10.0. The lowest BCUT2D eigenvalue weighted by molar-refractivity contribution is -0.121. The van der Waals surface area contributed by atoms with Gasteiger partial charge < -0.3 is 19.7 Å². The van der Waals surface area contributed by atoms with Gasteiger partial charge in [-0.3, -0.25) is 4.79 Å². The summed E-state index contributed by atoms with van der Waals surface area (Å²) in [7, 11) is 1.60. The van der Waals surface area contributed by atoms with Crippen LogP contribution in [-0.2, 0) is 16.1 Å². The van der Waals surface area contributed by atoms with E-state index in [-0.39, 0.29) is 18.4 Å². The number of nitrogens with one attached hydrogen (secondary N) is 1.